The van der Waals surface area contributed by atoms with Gasteiger partial charge < -0.3 is 15.4 Å². The summed E-state index contributed by atoms with van der Waals surface area (Å²) in [5, 5.41) is 10.1. The van der Waals surface area contributed by atoms with Crippen LogP contribution in [0.25, 0.3) is 5.69 Å². The third-order valence-corrected chi connectivity index (χ3v) is 3.33. The molecule has 0 spiro atoms. The van der Waals surface area contributed by atoms with E-state index in [4.69, 9.17) is 4.74 Å². The summed E-state index contributed by atoms with van der Waals surface area (Å²) in [6, 6.07) is 8.89. The first-order valence-electron chi connectivity index (χ1n) is 7.92. The fourth-order valence-electron chi connectivity index (χ4n) is 2.19. The van der Waals surface area contributed by atoms with Crippen molar-refractivity contribution in [2.45, 2.75) is 19.8 Å². The van der Waals surface area contributed by atoms with E-state index in [0.29, 0.717) is 24.4 Å². The van der Waals surface area contributed by atoms with Crippen molar-refractivity contribution in [3.63, 3.8) is 0 Å². The molecule has 0 fully saturated rings. The largest absolute Gasteiger partial charge is 0.461 e. The number of anilines is 1. The summed E-state index contributed by atoms with van der Waals surface area (Å²) >= 11 is 0. The number of rotatable bonds is 8. The minimum atomic E-state index is -0.468. The van der Waals surface area contributed by atoms with Crippen molar-refractivity contribution in [1.82, 2.24) is 15.1 Å². The second-order valence-electron chi connectivity index (χ2n) is 5.14. The lowest BCUT2D eigenvalue weighted by atomic mass is 10.2. The average Bonchev–Trinajstić information content (AvgIpc) is 3.06. The van der Waals surface area contributed by atoms with E-state index in [1.807, 2.05) is 25.2 Å². The molecule has 8 heteroatoms. The zero-order chi connectivity index (χ0) is 17.4. The predicted octanol–water partition coefficient (Wildman–Crippen LogP) is 2.41. The summed E-state index contributed by atoms with van der Waals surface area (Å²) in [5.41, 5.74) is 1.56. The van der Waals surface area contributed by atoms with Crippen LogP contribution in [0.5, 0.6) is 0 Å². The van der Waals surface area contributed by atoms with E-state index in [2.05, 4.69) is 15.7 Å². The maximum Gasteiger partial charge on any atom is 0.358 e. The van der Waals surface area contributed by atoms with Crippen molar-refractivity contribution >= 4 is 30.0 Å². The zero-order valence-electron chi connectivity index (χ0n) is 14.3. The highest BCUT2D eigenvalue weighted by molar-refractivity contribution is 5.93. The fourth-order valence-corrected chi connectivity index (χ4v) is 2.19. The number of hydrogen-bond acceptors (Lipinski definition) is 5. The Labute approximate surface area is 153 Å². The molecule has 0 radical (unpaired) electrons. The number of carbonyl (C=O) groups excluding carboxylic acids is 2. The van der Waals surface area contributed by atoms with Crippen molar-refractivity contribution in [2.24, 2.45) is 0 Å². The number of carbonyl (C=O) groups is 2. The van der Waals surface area contributed by atoms with Crippen LogP contribution in [0.2, 0.25) is 0 Å². The van der Waals surface area contributed by atoms with E-state index >= 15 is 0 Å². The van der Waals surface area contributed by atoms with Crippen LogP contribution in [0.1, 0.15) is 30.3 Å². The molecule has 2 rings (SSSR count). The Morgan fingerprint density at radius 2 is 2.00 bits per heavy atom. The summed E-state index contributed by atoms with van der Waals surface area (Å²) in [6.45, 7) is 2.83. The molecule has 7 nitrogen and oxygen atoms in total. The molecular formula is C17H23ClN4O3. The number of halogens is 1. The molecule has 1 aromatic carbocycles. The fraction of sp³-hybridized carbons (Fsp3) is 0.353. The van der Waals surface area contributed by atoms with Gasteiger partial charge in [0.15, 0.2) is 5.69 Å². The SMILES string of the molecule is CCOC(=O)c1ccn(-c2ccccc2NC(=O)CCCNC)n1.Cl. The summed E-state index contributed by atoms with van der Waals surface area (Å²) in [6.07, 6.45) is 2.86. The van der Waals surface area contributed by atoms with E-state index in [-0.39, 0.29) is 24.0 Å². The van der Waals surface area contributed by atoms with Crippen LogP contribution in [0.3, 0.4) is 0 Å². The molecule has 2 aromatic rings. The molecule has 0 bridgehead atoms. The smallest absolute Gasteiger partial charge is 0.358 e. The molecular weight excluding hydrogens is 344 g/mol. The summed E-state index contributed by atoms with van der Waals surface area (Å²) in [5.74, 6) is -0.527. The molecule has 0 unspecified atom stereocenters. The number of ether oxygens (including phenoxy) is 1. The van der Waals surface area contributed by atoms with Gasteiger partial charge in [0, 0.05) is 12.6 Å². The van der Waals surface area contributed by atoms with Gasteiger partial charge in [-0.2, -0.15) is 5.10 Å². The standard InChI is InChI=1S/C17H22N4O3.ClH/c1-3-24-17(23)14-10-12-21(20-14)15-8-5-4-7-13(15)19-16(22)9-6-11-18-2;/h4-5,7-8,10,12,18H,3,6,9,11H2,1-2H3,(H,19,22);1H. The molecule has 25 heavy (non-hydrogen) atoms. The van der Waals surface area contributed by atoms with Gasteiger partial charge in [0.25, 0.3) is 0 Å². The monoisotopic (exact) mass is 366 g/mol. The van der Waals surface area contributed by atoms with Crippen LogP contribution >= 0.6 is 12.4 Å². The Bertz CT molecular complexity index is 703. The third-order valence-electron chi connectivity index (χ3n) is 3.33. The van der Waals surface area contributed by atoms with Crippen molar-refractivity contribution in [1.29, 1.82) is 0 Å². The van der Waals surface area contributed by atoms with Crippen molar-refractivity contribution in [3.8, 4) is 5.69 Å². The minimum absolute atomic E-state index is 0. The van der Waals surface area contributed by atoms with Gasteiger partial charge in [0.05, 0.1) is 18.0 Å². The number of esters is 1. The Morgan fingerprint density at radius 1 is 1.24 bits per heavy atom. The highest BCUT2D eigenvalue weighted by atomic mass is 35.5. The van der Waals surface area contributed by atoms with Gasteiger partial charge in [-0.3, -0.25) is 4.79 Å². The first-order chi connectivity index (χ1) is 11.7. The molecule has 2 N–H and O–H groups in total. The number of para-hydroxylation sites is 2. The average molecular weight is 367 g/mol. The van der Waals surface area contributed by atoms with Crippen LogP contribution in [0.15, 0.2) is 36.5 Å². The number of amides is 1. The Hall–Kier alpha value is -2.38. The number of aromatic nitrogens is 2. The Morgan fingerprint density at radius 3 is 2.72 bits per heavy atom. The van der Waals surface area contributed by atoms with Gasteiger partial charge in [-0.05, 0) is 45.1 Å². The Kier molecular flexibility index (Phi) is 8.66. The zero-order valence-corrected chi connectivity index (χ0v) is 15.1. The lowest BCUT2D eigenvalue weighted by molar-refractivity contribution is -0.116. The maximum absolute atomic E-state index is 12.0. The van der Waals surface area contributed by atoms with E-state index < -0.39 is 5.97 Å². The van der Waals surface area contributed by atoms with Gasteiger partial charge >= 0.3 is 5.97 Å². The second kappa shape index (κ2) is 10.5. The van der Waals surface area contributed by atoms with Crippen molar-refractivity contribution in [2.75, 3.05) is 25.5 Å². The maximum atomic E-state index is 12.0. The number of hydrogen-bond donors (Lipinski definition) is 2. The number of benzene rings is 1. The van der Waals surface area contributed by atoms with Crippen molar-refractivity contribution < 1.29 is 14.3 Å². The van der Waals surface area contributed by atoms with E-state index in [0.717, 1.165) is 13.0 Å². The highest BCUT2D eigenvalue weighted by Crippen LogP contribution is 2.20. The van der Waals surface area contributed by atoms with Crippen LogP contribution in [-0.2, 0) is 9.53 Å². The number of nitrogens with one attached hydrogen (secondary N) is 2. The van der Waals surface area contributed by atoms with E-state index in [1.165, 1.54) is 0 Å². The molecule has 0 aliphatic heterocycles. The molecule has 0 atom stereocenters. The first kappa shape index (κ1) is 20.7. The number of nitrogens with zero attached hydrogens (tertiary/aromatic N) is 2. The Balaban J connectivity index is 0.00000312. The summed E-state index contributed by atoms with van der Waals surface area (Å²) in [4.78, 5) is 23.8. The molecule has 1 aromatic heterocycles. The topological polar surface area (TPSA) is 85.2 Å². The quantitative estimate of drug-likeness (QED) is 0.553. The molecule has 0 aliphatic rings. The van der Waals surface area contributed by atoms with Gasteiger partial charge in [0.1, 0.15) is 0 Å². The molecule has 0 saturated heterocycles. The summed E-state index contributed by atoms with van der Waals surface area (Å²) in [7, 11) is 1.85. The molecule has 136 valence electrons. The van der Waals surface area contributed by atoms with E-state index in [1.54, 1.807) is 29.9 Å². The van der Waals surface area contributed by atoms with Crippen LogP contribution in [-0.4, -0.2) is 41.9 Å². The molecule has 0 aliphatic carbocycles. The van der Waals surface area contributed by atoms with Gasteiger partial charge in [-0.15, -0.1) is 12.4 Å². The minimum Gasteiger partial charge on any atom is -0.461 e. The van der Waals surface area contributed by atoms with Gasteiger partial charge in [-0.25, -0.2) is 9.48 Å². The first-order valence-corrected chi connectivity index (χ1v) is 7.92. The van der Waals surface area contributed by atoms with Gasteiger partial charge in [0.2, 0.25) is 5.91 Å². The van der Waals surface area contributed by atoms with Gasteiger partial charge in [-0.1, -0.05) is 12.1 Å². The lowest BCUT2D eigenvalue weighted by Gasteiger charge is -2.11. The summed E-state index contributed by atoms with van der Waals surface area (Å²) < 4.78 is 6.49. The molecule has 1 heterocycles. The van der Waals surface area contributed by atoms with Crippen LogP contribution < -0.4 is 10.6 Å². The van der Waals surface area contributed by atoms with Crippen LogP contribution in [0.4, 0.5) is 5.69 Å². The van der Waals surface area contributed by atoms with Crippen LogP contribution in [0, 0.1) is 0 Å². The highest BCUT2D eigenvalue weighted by Gasteiger charge is 2.13. The third kappa shape index (κ3) is 5.88. The van der Waals surface area contributed by atoms with Crippen molar-refractivity contribution in [3.05, 3.63) is 42.2 Å². The molecule has 0 saturated carbocycles. The molecule has 1 amide bonds. The lowest BCUT2D eigenvalue weighted by Crippen LogP contribution is -2.16. The van der Waals surface area contributed by atoms with E-state index in [9.17, 15) is 9.59 Å². The normalized spacial score (nSPS) is 10.0. The second-order valence-corrected chi connectivity index (χ2v) is 5.14. The predicted molar refractivity (Wildman–Crippen MR) is 98.6 cm³/mol.